The Morgan fingerprint density at radius 2 is 1.71 bits per heavy atom. The first-order chi connectivity index (χ1) is 19.6. The van der Waals surface area contributed by atoms with Crippen LogP contribution in [0.2, 0.25) is 0 Å². The highest BCUT2D eigenvalue weighted by atomic mass is 32.2. The molecule has 0 bridgehead atoms. The molecule has 0 fully saturated rings. The van der Waals surface area contributed by atoms with Gasteiger partial charge < -0.3 is 5.32 Å². The number of hydrogen-bond donors (Lipinski definition) is 3. The Balaban J connectivity index is 1.55. The molecule has 3 N–H and O–H groups in total. The second kappa shape index (κ2) is 13.4. The molecule has 0 saturated heterocycles. The van der Waals surface area contributed by atoms with E-state index in [9.17, 15) is 22.8 Å². The van der Waals surface area contributed by atoms with Gasteiger partial charge in [-0.15, -0.1) is 11.3 Å². The molecular weight excluding hydrogens is 562 g/mol. The van der Waals surface area contributed by atoms with Gasteiger partial charge in [-0.1, -0.05) is 43.7 Å². The van der Waals surface area contributed by atoms with Crippen LogP contribution in [0.1, 0.15) is 63.4 Å². The van der Waals surface area contributed by atoms with E-state index in [0.29, 0.717) is 30.1 Å². The van der Waals surface area contributed by atoms with E-state index in [-0.39, 0.29) is 10.5 Å². The van der Waals surface area contributed by atoms with E-state index in [1.165, 1.54) is 52.4 Å². The third-order valence-corrected chi connectivity index (χ3v) is 9.85. The predicted octanol–water partition coefficient (Wildman–Crippen LogP) is 3.76. The Morgan fingerprint density at radius 3 is 2.37 bits per heavy atom. The second-order valence-corrected chi connectivity index (χ2v) is 13.1. The fourth-order valence-electron chi connectivity index (χ4n) is 4.60. The van der Waals surface area contributed by atoms with E-state index in [0.717, 1.165) is 36.4 Å². The Morgan fingerprint density at radius 1 is 1.00 bits per heavy atom. The van der Waals surface area contributed by atoms with Gasteiger partial charge in [-0.25, -0.2) is 12.7 Å². The maximum Gasteiger partial charge on any atom is 0.272 e. The molecule has 0 spiro atoms. The Hall–Kier alpha value is -3.58. The van der Waals surface area contributed by atoms with E-state index in [1.54, 1.807) is 7.05 Å². The summed E-state index contributed by atoms with van der Waals surface area (Å²) in [6.07, 6.45) is 2.24. The summed E-state index contributed by atoms with van der Waals surface area (Å²) in [6, 6.07) is 15.9. The number of hydrogen-bond acceptors (Lipinski definition) is 7. The molecule has 2 heterocycles. The van der Waals surface area contributed by atoms with Crippen molar-refractivity contribution in [3.63, 3.8) is 0 Å². The number of rotatable bonds is 10. The second-order valence-electron chi connectivity index (χ2n) is 9.95. The number of nitrogens with one attached hydrogen (secondary N) is 3. The quantitative estimate of drug-likeness (QED) is 0.306. The normalized spacial score (nSPS) is 13.5. The van der Waals surface area contributed by atoms with Crippen LogP contribution < -0.4 is 16.2 Å². The van der Waals surface area contributed by atoms with Crippen LogP contribution in [0.25, 0.3) is 0 Å². The molecule has 0 aliphatic carbocycles. The van der Waals surface area contributed by atoms with Crippen molar-refractivity contribution < 1.29 is 22.8 Å². The van der Waals surface area contributed by atoms with Gasteiger partial charge in [-0.3, -0.25) is 30.1 Å². The minimum Gasteiger partial charge on any atom is -0.313 e. The fraction of sp³-hybridized carbons (Fsp3) is 0.345. The summed E-state index contributed by atoms with van der Waals surface area (Å²) in [4.78, 5) is 41.1. The first-order valence-electron chi connectivity index (χ1n) is 13.5. The van der Waals surface area contributed by atoms with E-state index < -0.39 is 27.7 Å². The van der Waals surface area contributed by atoms with Crippen molar-refractivity contribution in [3.8, 4) is 0 Å². The lowest BCUT2D eigenvalue weighted by molar-refractivity contribution is -0.119. The zero-order chi connectivity index (χ0) is 29.6. The van der Waals surface area contributed by atoms with Crippen LogP contribution in [-0.2, 0) is 34.3 Å². The maximum atomic E-state index is 13.2. The van der Waals surface area contributed by atoms with Crippen LogP contribution in [0.5, 0.6) is 0 Å². The number of thiophene rings is 1. The Kier molecular flexibility index (Phi) is 9.92. The van der Waals surface area contributed by atoms with Gasteiger partial charge in [-0.2, -0.15) is 0 Å². The average Bonchev–Trinajstić information content (AvgIpc) is 3.32. The summed E-state index contributed by atoms with van der Waals surface area (Å²) in [6.45, 7) is 5.80. The summed E-state index contributed by atoms with van der Waals surface area (Å²) >= 11 is 1.33. The van der Waals surface area contributed by atoms with Crippen molar-refractivity contribution in [2.75, 3.05) is 25.5 Å². The molecule has 1 aliphatic heterocycles. The number of nitrogens with zero attached hydrogens (tertiary/aromatic N) is 2. The highest BCUT2D eigenvalue weighted by Gasteiger charge is 2.29. The number of amides is 3. The number of carbonyl (C=O) groups is 3. The summed E-state index contributed by atoms with van der Waals surface area (Å²) in [5, 5.41) is 3.23. The topological polar surface area (TPSA) is 128 Å². The lowest BCUT2D eigenvalue weighted by atomic mass is 10.0. The first kappa shape index (κ1) is 30.4. The number of benzene rings is 2. The summed E-state index contributed by atoms with van der Waals surface area (Å²) in [7, 11) is -2.12. The first-order valence-corrected chi connectivity index (χ1v) is 15.7. The molecule has 12 heteroatoms. The molecule has 0 unspecified atom stereocenters. The monoisotopic (exact) mass is 597 g/mol. The minimum atomic E-state index is -3.66. The van der Waals surface area contributed by atoms with Gasteiger partial charge in [0, 0.05) is 50.6 Å². The van der Waals surface area contributed by atoms with E-state index in [4.69, 9.17) is 0 Å². The molecule has 1 aliphatic rings. The van der Waals surface area contributed by atoms with E-state index >= 15 is 0 Å². The lowest BCUT2D eigenvalue weighted by Gasteiger charge is -2.27. The molecular formula is C29H35N5O5S2. The van der Waals surface area contributed by atoms with Crippen LogP contribution in [-0.4, -0.2) is 55.5 Å². The molecule has 3 amide bonds. The summed E-state index contributed by atoms with van der Waals surface area (Å²) < 4.78 is 27.0. The average molecular weight is 598 g/mol. The number of carbonyl (C=O) groups excluding carboxylic acids is 3. The van der Waals surface area contributed by atoms with Crippen LogP contribution in [0.3, 0.4) is 0 Å². The minimum absolute atomic E-state index is 0.105. The van der Waals surface area contributed by atoms with Crippen LogP contribution in [0, 0.1) is 0 Å². The number of hydrazine groups is 1. The zero-order valence-electron chi connectivity index (χ0n) is 23.4. The maximum absolute atomic E-state index is 13.2. The molecule has 41 heavy (non-hydrogen) atoms. The summed E-state index contributed by atoms with van der Waals surface area (Å²) in [5.74, 6) is -1.40. The third kappa shape index (κ3) is 7.39. The molecule has 0 saturated carbocycles. The van der Waals surface area contributed by atoms with Gasteiger partial charge in [0.05, 0.1) is 10.5 Å². The molecule has 218 valence electrons. The summed E-state index contributed by atoms with van der Waals surface area (Å²) in [5.41, 5.74) is 7.34. The van der Waals surface area contributed by atoms with Crippen LogP contribution in [0.4, 0.5) is 5.00 Å². The largest absolute Gasteiger partial charge is 0.313 e. The van der Waals surface area contributed by atoms with Crippen LogP contribution in [0.15, 0.2) is 59.5 Å². The number of unbranched alkanes of at least 4 members (excludes halogenated alkanes) is 1. The smallest absolute Gasteiger partial charge is 0.272 e. The van der Waals surface area contributed by atoms with Crippen molar-refractivity contribution in [2.45, 2.75) is 51.1 Å². The number of fused-ring (bicyclic) bond motifs is 1. The highest BCUT2D eigenvalue weighted by molar-refractivity contribution is 7.89. The highest BCUT2D eigenvalue weighted by Crippen LogP contribution is 2.38. The number of anilines is 1. The van der Waals surface area contributed by atoms with Gasteiger partial charge in [0.1, 0.15) is 5.00 Å². The van der Waals surface area contributed by atoms with Crippen molar-refractivity contribution in [2.24, 2.45) is 0 Å². The molecule has 4 rings (SSSR count). The van der Waals surface area contributed by atoms with Gasteiger partial charge in [0.15, 0.2) is 0 Å². The van der Waals surface area contributed by atoms with Crippen LogP contribution >= 0.6 is 11.3 Å². The van der Waals surface area contributed by atoms with Gasteiger partial charge >= 0.3 is 0 Å². The fourth-order valence-corrected chi connectivity index (χ4v) is 7.09. The SMILES string of the molecule is CCCCN(C)S(=O)(=O)c1ccc(C(=O)Nc2sc3c(c2C(=O)NNC(C)=O)CCN(Cc2ccccc2)C3)cc1. The number of sulfonamides is 1. The van der Waals surface area contributed by atoms with Gasteiger partial charge in [-0.05, 0) is 48.2 Å². The van der Waals surface area contributed by atoms with E-state index in [2.05, 4.69) is 33.2 Å². The van der Waals surface area contributed by atoms with Gasteiger partial charge in [0.25, 0.3) is 11.8 Å². The lowest BCUT2D eigenvalue weighted by Crippen LogP contribution is -2.41. The molecule has 3 aromatic rings. The van der Waals surface area contributed by atoms with Crippen molar-refractivity contribution in [1.82, 2.24) is 20.1 Å². The van der Waals surface area contributed by atoms with Crippen molar-refractivity contribution in [1.29, 1.82) is 0 Å². The van der Waals surface area contributed by atoms with Crippen molar-refractivity contribution in [3.05, 3.63) is 81.7 Å². The van der Waals surface area contributed by atoms with Gasteiger partial charge in [0.2, 0.25) is 15.9 Å². The molecule has 2 aromatic carbocycles. The van der Waals surface area contributed by atoms with E-state index in [1.807, 2.05) is 25.1 Å². The predicted molar refractivity (Wildman–Crippen MR) is 159 cm³/mol. The Labute approximate surface area is 244 Å². The van der Waals surface area contributed by atoms with Crippen molar-refractivity contribution >= 4 is 44.1 Å². The zero-order valence-corrected chi connectivity index (χ0v) is 25.0. The molecule has 0 radical (unpaired) electrons. The Bertz CT molecular complexity index is 1500. The third-order valence-electron chi connectivity index (χ3n) is 6.84. The standard InChI is InChI=1S/C29H35N5O5S2/c1-4-5-16-33(3)41(38,39)23-13-11-22(12-14-23)27(36)30-29-26(28(37)32-31-20(2)35)24-15-17-34(19-25(24)40-29)18-21-9-7-6-8-10-21/h6-14H,4-5,15-19H2,1-3H3,(H,30,36)(H,31,35)(H,32,37). The molecule has 1 aromatic heterocycles. The molecule has 10 nitrogen and oxygen atoms in total. The molecule has 0 atom stereocenters.